The number of hydrogen-bond donors (Lipinski definition) is 1. The molecule has 0 aliphatic carbocycles. The molecule has 0 amide bonds. The Morgan fingerprint density at radius 1 is 1.37 bits per heavy atom. The number of nitrogens with zero attached hydrogens (tertiary/aromatic N) is 2. The van der Waals surface area contributed by atoms with Gasteiger partial charge < -0.3 is 9.67 Å². The topological polar surface area (TPSA) is 85.4 Å². The van der Waals surface area contributed by atoms with Crippen LogP contribution in [0.15, 0.2) is 36.5 Å². The van der Waals surface area contributed by atoms with Crippen LogP contribution in [-0.4, -0.2) is 20.6 Å². The van der Waals surface area contributed by atoms with Crippen LogP contribution < -0.4 is 0 Å². The fraction of sp³-hybridized carbons (Fsp3) is 0.0833. The van der Waals surface area contributed by atoms with E-state index in [0.717, 1.165) is 6.07 Å². The van der Waals surface area contributed by atoms with Crippen molar-refractivity contribution in [3.63, 3.8) is 0 Å². The van der Waals surface area contributed by atoms with E-state index < -0.39 is 22.4 Å². The van der Waals surface area contributed by atoms with Crippen molar-refractivity contribution in [2.45, 2.75) is 6.54 Å². The normalized spacial score (nSPS) is 10.4. The molecule has 0 bridgehead atoms. The van der Waals surface area contributed by atoms with E-state index in [-0.39, 0.29) is 17.8 Å². The van der Waals surface area contributed by atoms with Crippen LogP contribution in [0.2, 0.25) is 0 Å². The fourth-order valence-electron chi connectivity index (χ4n) is 1.76. The third kappa shape index (κ3) is 2.44. The zero-order valence-corrected chi connectivity index (χ0v) is 9.62. The van der Waals surface area contributed by atoms with Gasteiger partial charge in [0.15, 0.2) is 0 Å². The van der Waals surface area contributed by atoms with Gasteiger partial charge in [0.05, 0.1) is 11.5 Å². The van der Waals surface area contributed by atoms with Crippen molar-refractivity contribution in [1.82, 2.24) is 4.57 Å². The molecular formula is C12H9FN2O4. The number of nitro benzene ring substituents is 1. The third-order valence-electron chi connectivity index (χ3n) is 2.64. The first-order valence-corrected chi connectivity index (χ1v) is 5.31. The molecule has 7 heteroatoms. The lowest BCUT2D eigenvalue weighted by molar-refractivity contribution is -0.387. The average Bonchev–Trinajstić information content (AvgIpc) is 2.79. The van der Waals surface area contributed by atoms with Crippen LogP contribution in [0.3, 0.4) is 0 Å². The Bertz CT molecular complexity index is 651. The van der Waals surface area contributed by atoms with E-state index >= 15 is 0 Å². The number of hydrogen-bond acceptors (Lipinski definition) is 3. The van der Waals surface area contributed by atoms with Gasteiger partial charge >= 0.3 is 11.7 Å². The lowest BCUT2D eigenvalue weighted by Gasteiger charge is -2.07. The molecule has 1 heterocycles. The van der Waals surface area contributed by atoms with E-state index in [0.29, 0.717) is 0 Å². The molecule has 1 aromatic carbocycles. The molecule has 0 radical (unpaired) electrons. The Morgan fingerprint density at radius 3 is 2.74 bits per heavy atom. The van der Waals surface area contributed by atoms with Crippen LogP contribution >= 0.6 is 0 Å². The predicted octanol–water partition coefficient (Wildman–Crippen LogP) is 2.28. The minimum atomic E-state index is -1.14. The first-order valence-electron chi connectivity index (χ1n) is 5.31. The smallest absolute Gasteiger partial charge is 0.352 e. The Kier molecular flexibility index (Phi) is 3.28. The first-order chi connectivity index (χ1) is 9.00. The van der Waals surface area contributed by atoms with E-state index in [1.54, 1.807) is 0 Å². The van der Waals surface area contributed by atoms with Gasteiger partial charge in [0.25, 0.3) is 0 Å². The average molecular weight is 264 g/mol. The van der Waals surface area contributed by atoms with Gasteiger partial charge in [-0.3, -0.25) is 10.1 Å². The number of halogens is 1. The van der Waals surface area contributed by atoms with E-state index in [2.05, 4.69) is 0 Å². The summed E-state index contributed by atoms with van der Waals surface area (Å²) in [6.45, 7) is -0.0812. The highest BCUT2D eigenvalue weighted by molar-refractivity contribution is 5.85. The van der Waals surface area contributed by atoms with Crippen molar-refractivity contribution < 1.29 is 19.2 Å². The minimum absolute atomic E-state index is 0.00842. The summed E-state index contributed by atoms with van der Waals surface area (Å²) in [5.41, 5.74) is -0.569. The van der Waals surface area contributed by atoms with Crippen LogP contribution in [0.25, 0.3) is 0 Å². The second kappa shape index (κ2) is 4.89. The van der Waals surface area contributed by atoms with E-state index in [1.807, 2.05) is 0 Å². The zero-order valence-electron chi connectivity index (χ0n) is 9.62. The summed E-state index contributed by atoms with van der Waals surface area (Å²) in [6.07, 6.45) is 1.47. The molecule has 0 aliphatic rings. The fourth-order valence-corrected chi connectivity index (χ4v) is 1.76. The summed E-state index contributed by atoms with van der Waals surface area (Å²) in [7, 11) is 0. The molecule has 0 unspecified atom stereocenters. The molecule has 0 spiro atoms. The second-order valence-corrected chi connectivity index (χ2v) is 3.83. The molecule has 1 aromatic heterocycles. The number of nitro groups is 1. The number of benzene rings is 1. The number of rotatable bonds is 4. The van der Waals surface area contributed by atoms with Gasteiger partial charge in [0.2, 0.25) is 5.82 Å². The minimum Gasteiger partial charge on any atom is -0.477 e. The Labute approximate surface area is 106 Å². The van der Waals surface area contributed by atoms with E-state index in [9.17, 15) is 19.3 Å². The molecule has 2 aromatic rings. The summed E-state index contributed by atoms with van der Waals surface area (Å²) in [5, 5.41) is 19.5. The summed E-state index contributed by atoms with van der Waals surface area (Å²) >= 11 is 0. The van der Waals surface area contributed by atoms with Gasteiger partial charge in [-0.05, 0) is 12.1 Å². The molecule has 19 heavy (non-hydrogen) atoms. The van der Waals surface area contributed by atoms with Crippen molar-refractivity contribution >= 4 is 11.7 Å². The number of aromatic nitrogens is 1. The molecule has 98 valence electrons. The SMILES string of the molecule is O=C(O)c1cccn1Cc1cccc([N+](=O)[O-])c1F. The van der Waals surface area contributed by atoms with E-state index in [1.165, 1.54) is 35.0 Å². The molecule has 0 atom stereocenters. The maximum atomic E-state index is 13.8. The quantitative estimate of drug-likeness (QED) is 0.678. The lowest BCUT2D eigenvalue weighted by atomic mass is 10.2. The summed E-state index contributed by atoms with van der Waals surface area (Å²) in [4.78, 5) is 20.7. The molecule has 0 saturated carbocycles. The summed E-state index contributed by atoms with van der Waals surface area (Å²) < 4.78 is 15.2. The number of carboxylic acids is 1. The van der Waals surface area contributed by atoms with Crippen LogP contribution in [0.4, 0.5) is 10.1 Å². The van der Waals surface area contributed by atoms with Gasteiger partial charge in [-0.15, -0.1) is 0 Å². The van der Waals surface area contributed by atoms with Crippen molar-refractivity contribution in [3.8, 4) is 0 Å². The van der Waals surface area contributed by atoms with Gasteiger partial charge in [-0.2, -0.15) is 4.39 Å². The van der Waals surface area contributed by atoms with Crippen molar-refractivity contribution in [2.75, 3.05) is 0 Å². The molecule has 6 nitrogen and oxygen atoms in total. The zero-order chi connectivity index (χ0) is 14.0. The number of aromatic carboxylic acids is 1. The van der Waals surface area contributed by atoms with Crippen molar-refractivity contribution in [1.29, 1.82) is 0 Å². The van der Waals surface area contributed by atoms with Gasteiger partial charge in [0.1, 0.15) is 5.69 Å². The van der Waals surface area contributed by atoms with Crippen molar-refractivity contribution in [3.05, 3.63) is 63.7 Å². The number of carbonyl (C=O) groups is 1. The van der Waals surface area contributed by atoms with Crippen LogP contribution in [0.5, 0.6) is 0 Å². The third-order valence-corrected chi connectivity index (χ3v) is 2.64. The summed E-state index contributed by atoms with van der Waals surface area (Å²) in [6, 6.07) is 6.69. The second-order valence-electron chi connectivity index (χ2n) is 3.83. The monoisotopic (exact) mass is 264 g/mol. The van der Waals surface area contributed by atoms with Crippen LogP contribution in [0, 0.1) is 15.9 Å². The van der Waals surface area contributed by atoms with Crippen LogP contribution in [-0.2, 0) is 6.54 Å². The largest absolute Gasteiger partial charge is 0.477 e. The molecule has 1 N–H and O–H groups in total. The summed E-state index contributed by atoms with van der Waals surface area (Å²) in [5.74, 6) is -2.09. The Hall–Kier alpha value is -2.70. The Balaban J connectivity index is 2.39. The highest BCUT2D eigenvalue weighted by Gasteiger charge is 2.18. The van der Waals surface area contributed by atoms with Gasteiger partial charge in [-0.25, -0.2) is 4.79 Å². The van der Waals surface area contributed by atoms with Crippen LogP contribution in [0.1, 0.15) is 16.1 Å². The molecule has 0 aliphatic heterocycles. The number of carboxylic acid groups (broad SMARTS) is 1. The maximum Gasteiger partial charge on any atom is 0.352 e. The lowest BCUT2D eigenvalue weighted by Crippen LogP contribution is -2.10. The molecule has 0 saturated heterocycles. The molecule has 2 rings (SSSR count). The van der Waals surface area contributed by atoms with E-state index in [4.69, 9.17) is 5.11 Å². The predicted molar refractivity (Wildman–Crippen MR) is 63.5 cm³/mol. The maximum absolute atomic E-state index is 13.8. The molecular weight excluding hydrogens is 255 g/mol. The van der Waals surface area contributed by atoms with Crippen molar-refractivity contribution in [2.24, 2.45) is 0 Å². The highest BCUT2D eigenvalue weighted by Crippen LogP contribution is 2.21. The molecule has 0 fully saturated rings. The highest BCUT2D eigenvalue weighted by atomic mass is 19.1. The standard InChI is InChI=1S/C12H9FN2O4/c13-11-8(3-1-4-9(11)15(18)19)7-14-6-2-5-10(14)12(16)17/h1-6H,7H2,(H,16,17). The first kappa shape index (κ1) is 12.7. The van der Waals surface area contributed by atoms with Gasteiger partial charge in [-0.1, -0.05) is 12.1 Å². The van der Waals surface area contributed by atoms with Gasteiger partial charge in [0, 0.05) is 17.8 Å². The Morgan fingerprint density at radius 2 is 2.11 bits per heavy atom.